The molecule has 10 aliphatic heterocycles. The Morgan fingerprint density at radius 2 is 0.882 bits per heavy atom. The van der Waals surface area contributed by atoms with Gasteiger partial charge in [-0.25, -0.2) is 38.4 Å². The molecule has 144 heavy (non-hydrogen) atoms. The van der Waals surface area contributed by atoms with Gasteiger partial charge in [0.05, 0.1) is 88.9 Å². The summed E-state index contributed by atoms with van der Waals surface area (Å²) in [7, 11) is 6.43. The molecule has 0 bridgehead atoms. The highest BCUT2D eigenvalue weighted by molar-refractivity contribution is 7.60. The summed E-state index contributed by atoms with van der Waals surface area (Å²) >= 11 is 0. The number of H-pyrrole nitrogens is 2. The average molecular weight is 2100 g/mol. The number of anilines is 6. The van der Waals surface area contributed by atoms with Gasteiger partial charge in [-0.3, -0.25) is 19.9 Å². The summed E-state index contributed by atoms with van der Waals surface area (Å²) in [5, 5.41) is 30.7. The van der Waals surface area contributed by atoms with Crippen molar-refractivity contribution < 1.29 is 52.0 Å². The molecular weight excluding hydrogens is 1950 g/mol. The van der Waals surface area contributed by atoms with Crippen molar-refractivity contribution in [2.75, 3.05) is 188 Å². The number of carboxylic acids is 1. The lowest BCUT2D eigenvalue weighted by Crippen LogP contribution is -2.57. The number of carbonyl (C=O) groups is 3. The van der Waals surface area contributed by atoms with Crippen molar-refractivity contribution in [2.24, 2.45) is 5.92 Å². The number of likely N-dealkylation sites (N-methyl/N-ethyl adjacent to an activating group) is 3. The third-order valence-corrected chi connectivity index (χ3v) is 29.2. The molecule has 0 aliphatic carbocycles. The van der Waals surface area contributed by atoms with E-state index in [9.17, 15) is 23.2 Å². The van der Waals surface area contributed by atoms with E-state index in [4.69, 9.17) is 83.5 Å². The Balaban J connectivity index is 0.000000213. The molecule has 7 atom stereocenters. The van der Waals surface area contributed by atoms with Crippen LogP contribution in [0.1, 0.15) is 165 Å². The van der Waals surface area contributed by atoms with Crippen molar-refractivity contribution in [1.82, 2.24) is 84.6 Å². The Morgan fingerprint density at radius 1 is 0.479 bits per heavy atom. The predicted molar refractivity (Wildman–Crippen MR) is 589 cm³/mol. The number of hydrogen-bond acceptors (Lipinski definition) is 26. The topological polar surface area (TPSA) is 319 Å². The average Bonchev–Trinajstić information content (AvgIpc) is 1.37. The van der Waals surface area contributed by atoms with E-state index in [1.807, 2.05) is 39.4 Å². The number of carboxylic acid groups (broad SMARTS) is 1. The van der Waals surface area contributed by atoms with Crippen molar-refractivity contribution in [3.63, 3.8) is 0 Å². The van der Waals surface area contributed by atoms with Gasteiger partial charge in [0.2, 0.25) is 25.5 Å². The Labute approximate surface area is 885 Å². The summed E-state index contributed by atoms with van der Waals surface area (Å²) in [5.74, 6) is -1.64. The van der Waals surface area contributed by atoms with Crippen LogP contribution in [0.5, 0.6) is 18.0 Å². The van der Waals surface area contributed by atoms with Crippen LogP contribution in [0.2, 0.25) is 0 Å². The van der Waals surface area contributed by atoms with Gasteiger partial charge in [-0.1, -0.05) is 13.2 Å². The molecule has 2 amide bonds. The lowest BCUT2D eigenvalue weighted by molar-refractivity contribution is -0.134. The second kappa shape index (κ2) is 51.2. The monoisotopic (exact) mass is 2090 g/mol. The third-order valence-electron chi connectivity index (χ3n) is 29.2. The van der Waals surface area contributed by atoms with Crippen LogP contribution in [-0.2, 0) is 58.0 Å². The van der Waals surface area contributed by atoms with Gasteiger partial charge < -0.3 is 92.3 Å². The number of nitrogens with one attached hydrogen (secondary N) is 2. The first-order chi connectivity index (χ1) is 66.4. The van der Waals surface area contributed by atoms with Crippen LogP contribution in [0, 0.1) is 67.2 Å². The van der Waals surface area contributed by atoms with Gasteiger partial charge in [0, 0.05) is 135 Å². The smallest absolute Gasteiger partial charge is 0.410 e. The fourth-order valence-corrected chi connectivity index (χ4v) is 21.3. The first-order valence-electron chi connectivity index (χ1n) is 48.8. The van der Waals surface area contributed by atoms with E-state index in [1.54, 1.807) is 4.90 Å². The molecule has 782 valence electrons. The fourth-order valence-electron chi connectivity index (χ4n) is 21.3. The van der Waals surface area contributed by atoms with E-state index >= 15 is 0 Å². The number of aromatic amines is 2. The molecule has 0 spiro atoms. The lowest BCUT2D eigenvalue weighted by atomic mass is 9.96. The molecular formula is C101H144F2N26O9S6. The Kier molecular flexibility index (Phi) is 41.0. The standard InChI is InChI=1S/C38H53N9O4.C31H38FN9O2.C29H38N8O.C3H3FO2.6H2S/c1-25-19-32-30(21-40-47(32)33-12-8-9-18-49-33)34(26(25)2)44-15-13-29-31(23-44)41-36(50-24-27-11-10-14-43(27)7)42-35(29)45-16-17-46(28(22-45)20-39-6)37(48)51-38(3,4)5;1-19-13-26-25(15-34-37-26)28(20(19)2)39-10-8-24-27(17-39)35-31(43-18-22-7-6-9-38(22)5)36-29(24)40-11-12-41(30(42)21(3)32)23(16-40)14-33-4;1-19-13-25-24(15-31-34-25)27(20(19)2)36-12-9-23-26(17-36)32-29(38-18-22-8-6-10-35(22)4)33-28(23)37-11-5-7-21(16-37)14-30-3;1-2(4)3(5)6;;;;;;/h19,21,27-28,33H,8-18,20,22-24H2,1-5,7H3;13,15,22-23H,3,6-12,14,16-18H2,1-2,5H3,(H,34,37);13,15,21-22H,5-12,14,16-18H2,1-2,4H3,(H,31,34);1H2,(H,5,6);6*1H2/t27?,28-,33?;22?,23-;21-,22?;;;;;;;/m000......./s1. The third kappa shape index (κ3) is 26.2. The highest BCUT2D eigenvalue weighted by Crippen LogP contribution is 2.44. The number of aryl methyl sites for hydroxylation is 3. The van der Waals surface area contributed by atoms with Crippen LogP contribution >= 0.6 is 81.0 Å². The van der Waals surface area contributed by atoms with Crippen LogP contribution < -0.4 is 43.6 Å². The van der Waals surface area contributed by atoms with Crippen LogP contribution in [0.25, 0.3) is 47.2 Å². The number of carbonyl (C=O) groups excluding carboxylic acids is 2. The number of hydrogen-bond donors (Lipinski definition) is 3. The van der Waals surface area contributed by atoms with Crippen molar-refractivity contribution in [3.05, 3.63) is 163 Å². The van der Waals surface area contributed by atoms with Gasteiger partial charge in [0.1, 0.15) is 55.0 Å². The summed E-state index contributed by atoms with van der Waals surface area (Å²) in [5.41, 5.74) is 19.9. The van der Waals surface area contributed by atoms with Gasteiger partial charge in [0.15, 0.2) is 12.1 Å². The molecule has 16 heterocycles. The normalized spacial score (nSPS) is 20.5. The Morgan fingerprint density at radius 3 is 1.27 bits per heavy atom. The molecule has 0 saturated carbocycles. The van der Waals surface area contributed by atoms with E-state index in [2.05, 4.69) is 178 Å². The van der Waals surface area contributed by atoms with Crippen LogP contribution in [0.4, 0.5) is 48.1 Å². The number of amides is 2. The van der Waals surface area contributed by atoms with E-state index in [0.717, 1.165) is 226 Å². The SMILES string of the molecule is C=C(F)C(=O)O.S.S.S.S.S.S.[C-]#[N+]C[C@@H]1CCCN(c2nc(OCC3CCCN3C)nc3c2CCN(c2c(C)c(C)cc4[nH]ncc24)C3)C1.[C-]#[N+]C[C@H]1CN(c2nc(OCC3CCCN3C)nc3c2CCN(c2c(C)c(C)cc4[nH]ncc24)C3)CCN1C(=O)C(=C)F.[C-]#[N+]C[C@H]1CN(c2nc(OCC3CCCN3C)nc3c2CCN(c2c(C)c(C)cc4c2cnn4C2CCCCO2)C3)CCN1C(=O)OC(C)(C)C. The van der Waals surface area contributed by atoms with Gasteiger partial charge in [0.25, 0.3) is 5.91 Å². The van der Waals surface area contributed by atoms with Crippen LogP contribution in [0.3, 0.4) is 0 Å². The lowest BCUT2D eigenvalue weighted by Gasteiger charge is -2.41. The zero-order valence-corrected chi connectivity index (χ0v) is 91.0. The summed E-state index contributed by atoms with van der Waals surface area (Å²) in [6.07, 6.45) is 20.0. The molecule has 7 saturated heterocycles. The first kappa shape index (κ1) is 115. The molecule has 6 aromatic heterocycles. The fraction of sp³-hybridized carbons (Fsp3) is 0.574. The van der Waals surface area contributed by atoms with Gasteiger partial charge >= 0.3 is 30.1 Å². The maximum absolute atomic E-state index is 13.8. The molecule has 7 fully saturated rings. The quantitative estimate of drug-likeness (QED) is 0.0444. The number of piperidine rings is 1. The molecule has 10 aliphatic rings. The van der Waals surface area contributed by atoms with Crippen LogP contribution in [-0.4, -0.2) is 302 Å². The Bertz CT molecular complexity index is 6130. The number of piperazine rings is 2. The van der Waals surface area contributed by atoms with Crippen molar-refractivity contribution >= 4 is 166 Å². The van der Waals surface area contributed by atoms with E-state index in [1.165, 1.54) is 61.6 Å². The number of halogens is 2. The number of likely N-dealkylation sites (tertiary alicyclic amines) is 3. The second-order valence-electron chi connectivity index (χ2n) is 39.5. The summed E-state index contributed by atoms with van der Waals surface area (Å²) in [4.78, 5) is 100. The van der Waals surface area contributed by atoms with Crippen molar-refractivity contribution in [1.29, 1.82) is 0 Å². The number of aliphatic carboxylic acids is 1. The van der Waals surface area contributed by atoms with Crippen molar-refractivity contribution in [3.8, 4) is 18.0 Å². The zero-order valence-electron chi connectivity index (χ0n) is 85.0. The number of ether oxygens (including phenoxy) is 5. The van der Waals surface area contributed by atoms with Crippen molar-refractivity contribution in [2.45, 2.75) is 214 Å². The maximum Gasteiger partial charge on any atom is 0.410 e. The highest BCUT2D eigenvalue weighted by Gasteiger charge is 2.42. The molecule has 0 radical (unpaired) electrons. The largest absolute Gasteiger partial charge is 0.476 e. The van der Waals surface area contributed by atoms with E-state index < -0.39 is 35.2 Å². The number of aromatic nitrogens is 12. The maximum atomic E-state index is 13.8. The number of fused-ring (bicyclic) bond motifs is 6. The molecule has 43 heteroatoms. The minimum Gasteiger partial charge on any atom is -0.476 e. The molecule has 35 nitrogen and oxygen atoms in total. The summed E-state index contributed by atoms with van der Waals surface area (Å²) < 4.78 is 57.8. The van der Waals surface area contributed by atoms with E-state index in [-0.39, 0.29) is 119 Å². The molecule has 3 aromatic carbocycles. The Hall–Kier alpha value is -10.5. The number of nitrogens with zero attached hydrogens (tertiary/aromatic N) is 24. The molecule has 19 rings (SSSR count). The molecule has 3 N–H and O–H groups in total. The molecule has 9 aromatic rings. The van der Waals surface area contributed by atoms with E-state index in [0.29, 0.717) is 121 Å². The minimum atomic E-state index is -1.60. The van der Waals surface area contributed by atoms with Crippen LogP contribution in [0.15, 0.2) is 61.6 Å². The summed E-state index contributed by atoms with van der Waals surface area (Å²) in [6.45, 7) is 62.1. The minimum absolute atomic E-state index is 0. The number of rotatable bonds is 21. The van der Waals surface area contributed by atoms with Gasteiger partial charge in [-0.2, -0.15) is 131 Å². The second-order valence-corrected chi connectivity index (χ2v) is 39.5. The zero-order chi connectivity index (χ0) is 97.5. The summed E-state index contributed by atoms with van der Waals surface area (Å²) in [6, 6.07) is 8.04. The first-order valence-corrected chi connectivity index (χ1v) is 48.8. The number of benzene rings is 3. The highest BCUT2D eigenvalue weighted by atomic mass is 32.1. The van der Waals surface area contributed by atoms with Gasteiger partial charge in [-0.15, -0.1) is 0 Å². The van der Waals surface area contributed by atoms with Gasteiger partial charge in [-0.05, 0) is 245 Å². The molecule has 4 unspecified atom stereocenters. The predicted octanol–water partition coefficient (Wildman–Crippen LogP) is 14.3.